The first-order valence-electron chi connectivity index (χ1n) is 5.06. The van der Waals surface area contributed by atoms with Gasteiger partial charge in [-0.25, -0.2) is 0 Å². The highest BCUT2D eigenvalue weighted by Gasteiger charge is 2.03. The molecule has 0 aliphatic carbocycles. The van der Waals surface area contributed by atoms with Gasteiger partial charge in [-0.1, -0.05) is 6.92 Å². The number of nitrogens with zero attached hydrogens (tertiary/aromatic N) is 2. The monoisotopic (exact) mass is 208 g/mol. The summed E-state index contributed by atoms with van der Waals surface area (Å²) >= 11 is 0. The van der Waals surface area contributed by atoms with Gasteiger partial charge in [-0.2, -0.15) is 0 Å². The van der Waals surface area contributed by atoms with Gasteiger partial charge in [-0.3, -0.25) is 20.2 Å². The summed E-state index contributed by atoms with van der Waals surface area (Å²) in [6, 6.07) is 0. The minimum absolute atomic E-state index is 0.141. The molecule has 0 atom stereocenters. The van der Waals surface area contributed by atoms with Gasteiger partial charge < -0.3 is 4.57 Å². The van der Waals surface area contributed by atoms with E-state index in [-0.39, 0.29) is 11.0 Å². The van der Waals surface area contributed by atoms with E-state index in [4.69, 9.17) is 10.8 Å². The normalized spacial score (nSPS) is 10.3. The summed E-state index contributed by atoms with van der Waals surface area (Å²) in [5.74, 6) is 0.294. The van der Waals surface area contributed by atoms with E-state index in [0.717, 1.165) is 6.42 Å². The van der Waals surface area contributed by atoms with Crippen LogP contribution in [-0.4, -0.2) is 15.0 Å². The standard InChI is InChI=1S/C10H16N4O/c1-3-5-8(11)14-7-6-13(4-2)10(15)9(14)12/h6-7,11-12H,3-5H2,1-2H3. The van der Waals surface area contributed by atoms with E-state index < -0.39 is 0 Å². The van der Waals surface area contributed by atoms with Crippen LogP contribution in [0.25, 0.3) is 0 Å². The lowest BCUT2D eigenvalue weighted by atomic mass is 10.3. The average Bonchev–Trinajstić information content (AvgIpc) is 2.22. The van der Waals surface area contributed by atoms with Gasteiger partial charge in [0.1, 0.15) is 5.84 Å². The Kier molecular flexibility index (Phi) is 3.60. The van der Waals surface area contributed by atoms with E-state index in [9.17, 15) is 4.79 Å². The lowest BCUT2D eigenvalue weighted by Gasteiger charge is -2.08. The molecule has 0 amide bonds. The lowest BCUT2D eigenvalue weighted by Crippen LogP contribution is -2.42. The minimum Gasteiger partial charge on any atom is -0.311 e. The fourth-order valence-corrected chi connectivity index (χ4v) is 1.36. The van der Waals surface area contributed by atoms with Crippen molar-refractivity contribution in [2.24, 2.45) is 0 Å². The zero-order valence-electron chi connectivity index (χ0n) is 9.08. The second-order valence-corrected chi connectivity index (χ2v) is 3.30. The van der Waals surface area contributed by atoms with Gasteiger partial charge in [0.25, 0.3) is 5.56 Å². The highest BCUT2D eigenvalue weighted by Crippen LogP contribution is 1.90. The summed E-state index contributed by atoms with van der Waals surface area (Å²) in [5, 5.41) is 15.3. The van der Waals surface area contributed by atoms with Crippen LogP contribution in [0.3, 0.4) is 0 Å². The Labute approximate surface area is 88.0 Å². The van der Waals surface area contributed by atoms with Crippen LogP contribution in [0.4, 0.5) is 0 Å². The molecule has 0 aliphatic rings. The molecule has 0 aliphatic heterocycles. The number of hydrogen-bond acceptors (Lipinski definition) is 3. The molecule has 2 N–H and O–H groups in total. The van der Waals surface area contributed by atoms with Crippen molar-refractivity contribution in [2.75, 3.05) is 0 Å². The third-order valence-corrected chi connectivity index (χ3v) is 2.22. The molecular formula is C10H16N4O. The fraction of sp³-hybridized carbons (Fsp3) is 0.500. The van der Waals surface area contributed by atoms with Crippen LogP contribution in [-0.2, 0) is 6.54 Å². The van der Waals surface area contributed by atoms with Crippen molar-refractivity contribution in [1.82, 2.24) is 9.13 Å². The Morgan fingerprint density at radius 3 is 2.60 bits per heavy atom. The van der Waals surface area contributed by atoms with Gasteiger partial charge in [0.2, 0.25) is 0 Å². The molecule has 1 rings (SSSR count). The molecule has 0 unspecified atom stereocenters. The van der Waals surface area contributed by atoms with Gasteiger partial charge >= 0.3 is 0 Å². The van der Waals surface area contributed by atoms with Crippen LogP contribution in [0.1, 0.15) is 26.7 Å². The molecule has 0 fully saturated rings. The molecular weight excluding hydrogens is 192 g/mol. The summed E-state index contributed by atoms with van der Waals surface area (Å²) in [7, 11) is 0. The number of aryl methyl sites for hydroxylation is 1. The van der Waals surface area contributed by atoms with Gasteiger partial charge in [0, 0.05) is 25.4 Å². The molecule has 0 spiro atoms. The molecule has 1 heterocycles. The minimum atomic E-state index is -0.346. The molecule has 15 heavy (non-hydrogen) atoms. The van der Waals surface area contributed by atoms with Crippen molar-refractivity contribution in [1.29, 1.82) is 10.8 Å². The predicted octanol–water partition coefficient (Wildman–Crippen LogP) is 0.775. The molecule has 0 saturated heterocycles. The van der Waals surface area contributed by atoms with E-state index in [1.807, 2.05) is 13.8 Å². The topological polar surface area (TPSA) is 74.6 Å². The molecule has 0 radical (unpaired) electrons. The zero-order chi connectivity index (χ0) is 11.4. The van der Waals surface area contributed by atoms with Crippen LogP contribution >= 0.6 is 0 Å². The number of rotatable bonds is 3. The Balaban J connectivity index is 3.24. The third-order valence-electron chi connectivity index (χ3n) is 2.22. The maximum absolute atomic E-state index is 11.6. The molecule has 82 valence electrons. The maximum atomic E-state index is 11.6. The van der Waals surface area contributed by atoms with Crippen molar-refractivity contribution < 1.29 is 0 Å². The molecule has 1 aromatic rings. The summed E-state index contributed by atoms with van der Waals surface area (Å²) in [5.41, 5.74) is -0.487. The van der Waals surface area contributed by atoms with Crippen LogP contribution in [0.2, 0.25) is 0 Å². The van der Waals surface area contributed by atoms with Gasteiger partial charge in [0.05, 0.1) is 0 Å². The maximum Gasteiger partial charge on any atom is 0.293 e. The molecule has 0 saturated carbocycles. The Bertz CT molecular complexity index is 469. The van der Waals surface area contributed by atoms with E-state index in [0.29, 0.717) is 18.8 Å². The van der Waals surface area contributed by atoms with E-state index >= 15 is 0 Å². The smallest absolute Gasteiger partial charge is 0.293 e. The first-order valence-corrected chi connectivity index (χ1v) is 5.06. The fourth-order valence-electron chi connectivity index (χ4n) is 1.36. The van der Waals surface area contributed by atoms with Crippen molar-refractivity contribution >= 4 is 5.84 Å². The van der Waals surface area contributed by atoms with E-state index in [1.165, 1.54) is 9.13 Å². The molecule has 0 bridgehead atoms. The van der Waals surface area contributed by atoms with Crippen molar-refractivity contribution in [2.45, 2.75) is 33.2 Å². The Morgan fingerprint density at radius 1 is 1.40 bits per heavy atom. The van der Waals surface area contributed by atoms with Crippen LogP contribution in [0.15, 0.2) is 17.2 Å². The second-order valence-electron chi connectivity index (χ2n) is 3.30. The van der Waals surface area contributed by atoms with E-state index in [2.05, 4.69) is 0 Å². The van der Waals surface area contributed by atoms with Gasteiger partial charge in [0.15, 0.2) is 5.49 Å². The number of nitrogens with one attached hydrogen (secondary N) is 2. The molecule has 0 aromatic carbocycles. The van der Waals surface area contributed by atoms with Crippen LogP contribution in [0.5, 0.6) is 0 Å². The van der Waals surface area contributed by atoms with Gasteiger partial charge in [-0.15, -0.1) is 0 Å². The van der Waals surface area contributed by atoms with Gasteiger partial charge in [-0.05, 0) is 13.3 Å². The zero-order valence-corrected chi connectivity index (χ0v) is 9.08. The number of hydrogen-bond donors (Lipinski definition) is 2. The summed E-state index contributed by atoms with van der Waals surface area (Å²) < 4.78 is 2.79. The Morgan fingerprint density at radius 2 is 2.07 bits per heavy atom. The summed E-state index contributed by atoms with van der Waals surface area (Å²) in [6.07, 6.45) is 4.63. The molecule has 1 aromatic heterocycles. The third kappa shape index (κ3) is 2.23. The first-order chi connectivity index (χ1) is 7.11. The quantitative estimate of drug-likeness (QED) is 0.559. The number of aromatic nitrogens is 2. The van der Waals surface area contributed by atoms with Crippen molar-refractivity contribution in [3.8, 4) is 0 Å². The average molecular weight is 208 g/mol. The molecule has 5 heteroatoms. The lowest BCUT2D eigenvalue weighted by molar-refractivity contribution is 0.682. The molecule has 5 nitrogen and oxygen atoms in total. The highest BCUT2D eigenvalue weighted by molar-refractivity contribution is 5.80. The summed E-state index contributed by atoms with van der Waals surface area (Å²) in [4.78, 5) is 11.6. The predicted molar refractivity (Wildman–Crippen MR) is 58.3 cm³/mol. The summed E-state index contributed by atoms with van der Waals surface area (Å²) in [6.45, 7) is 4.36. The largest absolute Gasteiger partial charge is 0.311 e. The van der Waals surface area contributed by atoms with Crippen LogP contribution < -0.4 is 11.0 Å². The van der Waals surface area contributed by atoms with Crippen molar-refractivity contribution in [3.63, 3.8) is 0 Å². The van der Waals surface area contributed by atoms with E-state index in [1.54, 1.807) is 12.4 Å². The highest BCUT2D eigenvalue weighted by atomic mass is 16.1. The van der Waals surface area contributed by atoms with Crippen LogP contribution in [0, 0.1) is 10.8 Å². The SMILES string of the molecule is CCCC(=N)n1ccn(CC)c(=O)c1=N. The Hall–Kier alpha value is -1.65. The van der Waals surface area contributed by atoms with Crippen molar-refractivity contribution in [3.05, 3.63) is 28.2 Å². The first kappa shape index (κ1) is 11.4. The second kappa shape index (κ2) is 4.72.